The van der Waals surface area contributed by atoms with Gasteiger partial charge >= 0.3 is 12.2 Å². The molecule has 0 aliphatic heterocycles. The molecule has 0 unspecified atom stereocenters. The molecule has 0 spiro atoms. The van der Waals surface area contributed by atoms with E-state index in [2.05, 4.69) is 20.6 Å². The molecule has 0 fully saturated rings. The molecule has 2 amide bonds. The van der Waals surface area contributed by atoms with Crippen molar-refractivity contribution in [2.24, 2.45) is 9.98 Å². The molecule has 4 aromatic carbocycles. The molecule has 0 aliphatic carbocycles. The minimum atomic E-state index is -0.629. The number of nitrogens with two attached hydrogens (primary N) is 2. The highest BCUT2D eigenvalue weighted by Crippen LogP contribution is 2.35. The van der Waals surface area contributed by atoms with Gasteiger partial charge in [0.15, 0.2) is 11.6 Å². The van der Waals surface area contributed by atoms with Gasteiger partial charge in [-0.2, -0.15) is 0 Å². The predicted molar refractivity (Wildman–Crippen MR) is 230 cm³/mol. The average Bonchev–Trinajstić information content (AvgIpc) is 3.21. The third kappa shape index (κ3) is 11.9. The Morgan fingerprint density at radius 2 is 0.912 bits per heavy atom. The predicted octanol–water partition coefficient (Wildman–Crippen LogP) is 10.5. The van der Waals surface area contributed by atoms with Crippen LogP contribution >= 0.6 is 23.2 Å². The maximum atomic E-state index is 11.7. The fraction of sp³-hybridized carbons (Fsp3) is 0.116. The molecule has 6 N–H and O–H groups in total. The van der Waals surface area contributed by atoms with Crippen molar-refractivity contribution in [2.45, 2.75) is 20.3 Å². The number of aromatic nitrogens is 2. The van der Waals surface area contributed by atoms with Crippen molar-refractivity contribution in [2.75, 3.05) is 35.3 Å². The van der Waals surface area contributed by atoms with Crippen LogP contribution in [0.2, 0.25) is 10.0 Å². The number of hydrogen-bond donors (Lipinski definition) is 4. The lowest BCUT2D eigenvalue weighted by Gasteiger charge is -2.11. The van der Waals surface area contributed by atoms with E-state index in [1.807, 2.05) is 128 Å². The van der Waals surface area contributed by atoms with Crippen molar-refractivity contribution in [3.05, 3.63) is 166 Å². The number of amides is 2. The Kier molecular flexibility index (Phi) is 15.1. The largest absolute Gasteiger partial charge is 0.450 e. The monoisotopic (exact) mass is 802 g/mol. The normalized spacial score (nSPS) is 10.2. The van der Waals surface area contributed by atoms with Gasteiger partial charge in [0.05, 0.1) is 34.7 Å². The number of nitrogen functional groups attached to an aromatic ring is 2. The van der Waals surface area contributed by atoms with E-state index in [0.717, 1.165) is 28.7 Å². The van der Waals surface area contributed by atoms with E-state index in [9.17, 15) is 9.59 Å². The zero-order chi connectivity index (χ0) is 40.6. The van der Waals surface area contributed by atoms with Gasteiger partial charge in [0, 0.05) is 34.4 Å². The van der Waals surface area contributed by atoms with Gasteiger partial charge in [-0.1, -0.05) is 151 Å². The maximum Gasteiger partial charge on any atom is 0.412 e. The van der Waals surface area contributed by atoms with Crippen LogP contribution in [0, 0.1) is 0 Å². The van der Waals surface area contributed by atoms with Crippen LogP contribution in [0.1, 0.15) is 42.5 Å². The second-order valence-electron chi connectivity index (χ2n) is 11.9. The van der Waals surface area contributed by atoms with Crippen molar-refractivity contribution >= 4 is 81.5 Å². The Morgan fingerprint density at radius 3 is 1.21 bits per heavy atom. The maximum absolute atomic E-state index is 11.7. The molecule has 0 radical (unpaired) electrons. The summed E-state index contributed by atoms with van der Waals surface area (Å²) in [4.78, 5) is 41.1. The van der Waals surface area contributed by atoms with Gasteiger partial charge in [0.2, 0.25) is 0 Å². The van der Waals surface area contributed by atoms with Crippen LogP contribution in [0.5, 0.6) is 0 Å². The highest BCUT2D eigenvalue weighted by Gasteiger charge is 2.16. The first-order valence-corrected chi connectivity index (χ1v) is 18.6. The van der Waals surface area contributed by atoms with Gasteiger partial charge in [-0.3, -0.25) is 10.6 Å². The van der Waals surface area contributed by atoms with Crippen LogP contribution in [-0.2, 0) is 9.47 Å². The van der Waals surface area contributed by atoms with E-state index in [-0.39, 0.29) is 39.9 Å². The second-order valence-corrected chi connectivity index (χ2v) is 12.8. The number of benzene rings is 4. The number of nitrogens with one attached hydrogen (secondary N) is 2. The zero-order valence-electron chi connectivity index (χ0n) is 31.2. The number of anilines is 4. The topological polar surface area (TPSA) is 179 Å². The molecule has 57 heavy (non-hydrogen) atoms. The van der Waals surface area contributed by atoms with E-state index < -0.39 is 12.2 Å². The summed E-state index contributed by atoms with van der Waals surface area (Å²) in [6.07, 6.45) is -0.518. The van der Waals surface area contributed by atoms with Gasteiger partial charge in [-0.25, -0.2) is 29.5 Å². The Bertz CT molecular complexity index is 2200. The SMILES string of the molecule is CCCOC(=O)Nc1cc(Cl)c(N=C(c2ccccc2)c2ccccc2)c(N)n1.CCOC(=O)Nc1cc(Cl)c(N=C(c2ccccc2)c2ccccc2)c(N)n1. The van der Waals surface area contributed by atoms with Gasteiger partial charge in [0.1, 0.15) is 23.0 Å². The lowest BCUT2D eigenvalue weighted by Crippen LogP contribution is -2.15. The Balaban J connectivity index is 0.000000218. The third-order valence-electron chi connectivity index (χ3n) is 7.76. The molecule has 0 bridgehead atoms. The molecule has 2 aromatic heterocycles. The van der Waals surface area contributed by atoms with Gasteiger partial charge in [0.25, 0.3) is 0 Å². The molecule has 2 heterocycles. The lowest BCUT2D eigenvalue weighted by atomic mass is 10.0. The molecule has 290 valence electrons. The summed E-state index contributed by atoms with van der Waals surface area (Å²) in [5.74, 6) is 0.603. The summed E-state index contributed by atoms with van der Waals surface area (Å²) >= 11 is 12.8. The summed E-state index contributed by atoms with van der Waals surface area (Å²) in [6.45, 7) is 4.18. The number of hydrogen-bond acceptors (Lipinski definition) is 10. The van der Waals surface area contributed by atoms with Crippen LogP contribution in [0.3, 0.4) is 0 Å². The quantitative estimate of drug-likeness (QED) is 0.0934. The number of nitrogens with zero attached hydrogens (tertiary/aromatic N) is 4. The minimum Gasteiger partial charge on any atom is -0.450 e. The van der Waals surface area contributed by atoms with Crippen LogP contribution < -0.4 is 22.1 Å². The first kappa shape index (κ1) is 41.4. The van der Waals surface area contributed by atoms with Crippen molar-refractivity contribution in [3.8, 4) is 0 Å². The second kappa shape index (κ2) is 20.8. The van der Waals surface area contributed by atoms with Gasteiger partial charge < -0.3 is 20.9 Å². The van der Waals surface area contributed by atoms with Crippen molar-refractivity contribution in [3.63, 3.8) is 0 Å². The molecule has 0 atom stereocenters. The average molecular weight is 804 g/mol. The first-order chi connectivity index (χ1) is 27.7. The van der Waals surface area contributed by atoms with Crippen molar-refractivity contribution in [1.29, 1.82) is 0 Å². The van der Waals surface area contributed by atoms with Crippen LogP contribution in [0.15, 0.2) is 143 Å². The van der Waals surface area contributed by atoms with Crippen LogP contribution in [0.25, 0.3) is 0 Å². The molecule has 0 saturated carbocycles. The first-order valence-electron chi connectivity index (χ1n) is 17.8. The Hall–Kier alpha value is -6.76. The van der Waals surface area contributed by atoms with E-state index in [4.69, 9.17) is 54.1 Å². The Labute approximate surface area is 340 Å². The summed E-state index contributed by atoms with van der Waals surface area (Å²) in [5.41, 5.74) is 17.9. The molecule has 0 saturated heterocycles. The van der Waals surface area contributed by atoms with Crippen LogP contribution in [-0.4, -0.2) is 46.8 Å². The highest BCUT2D eigenvalue weighted by atomic mass is 35.5. The number of pyridine rings is 2. The smallest absolute Gasteiger partial charge is 0.412 e. The van der Waals surface area contributed by atoms with E-state index >= 15 is 0 Å². The van der Waals surface area contributed by atoms with E-state index in [1.54, 1.807) is 6.92 Å². The van der Waals surface area contributed by atoms with Crippen molar-refractivity contribution in [1.82, 2.24) is 9.97 Å². The summed E-state index contributed by atoms with van der Waals surface area (Å²) in [6, 6.07) is 41.9. The standard InChI is InChI=1S/C22H21ClN4O2.C21H19ClN4O2/c1-2-13-29-22(28)26-18-14-17(23)20(21(24)25-18)27-19(15-9-5-3-6-10-15)16-11-7-4-8-12-16;1-2-28-21(27)25-17-13-16(22)19(20(23)24-17)26-18(14-9-5-3-6-10-14)15-11-7-4-8-12-15/h3-12,14H,2,13H2,1H3,(H3,24,25,26,28);3-13H,2H2,1H3,(H3,23,24,25,27). The van der Waals surface area contributed by atoms with Crippen LogP contribution in [0.4, 0.5) is 44.2 Å². The van der Waals surface area contributed by atoms with Gasteiger partial charge in [-0.05, 0) is 13.3 Å². The fourth-order valence-corrected chi connectivity index (χ4v) is 5.69. The summed E-state index contributed by atoms with van der Waals surface area (Å²) in [7, 11) is 0. The fourth-order valence-electron chi connectivity index (χ4n) is 5.21. The highest BCUT2D eigenvalue weighted by molar-refractivity contribution is 6.34. The number of carbonyl (C=O) groups excluding carboxylic acids is 2. The number of halogens is 2. The minimum absolute atomic E-state index is 0.101. The Morgan fingerprint density at radius 1 is 0.579 bits per heavy atom. The number of ether oxygens (including phenoxy) is 2. The van der Waals surface area contributed by atoms with E-state index in [1.165, 1.54) is 12.1 Å². The molecule has 6 aromatic rings. The van der Waals surface area contributed by atoms with Gasteiger partial charge in [-0.15, -0.1) is 0 Å². The van der Waals surface area contributed by atoms with Crippen molar-refractivity contribution < 1.29 is 19.1 Å². The van der Waals surface area contributed by atoms with E-state index in [0.29, 0.717) is 29.4 Å². The molecule has 14 heteroatoms. The molecular weight excluding hydrogens is 763 g/mol. The number of rotatable bonds is 11. The third-order valence-corrected chi connectivity index (χ3v) is 8.33. The molecular formula is C43H40Cl2N8O4. The molecule has 6 rings (SSSR count). The summed E-state index contributed by atoms with van der Waals surface area (Å²) < 4.78 is 9.82. The number of aliphatic imine (C=N–C) groups is 2. The molecule has 12 nitrogen and oxygen atoms in total. The molecule has 0 aliphatic rings. The number of carbonyl (C=O) groups is 2. The lowest BCUT2D eigenvalue weighted by molar-refractivity contribution is 0.161. The zero-order valence-corrected chi connectivity index (χ0v) is 32.7. The summed E-state index contributed by atoms with van der Waals surface area (Å²) in [5, 5.41) is 5.54.